The minimum Gasteiger partial charge on any atom is -0.369 e. The van der Waals surface area contributed by atoms with E-state index >= 15 is 0 Å². The lowest BCUT2D eigenvalue weighted by molar-refractivity contribution is -0.920. The van der Waals surface area contributed by atoms with Crippen molar-refractivity contribution < 1.29 is 19.3 Å². The minimum absolute atomic E-state index is 0.113. The van der Waals surface area contributed by atoms with E-state index in [9.17, 15) is 14.4 Å². The van der Waals surface area contributed by atoms with E-state index in [0.717, 1.165) is 4.90 Å². The summed E-state index contributed by atoms with van der Waals surface area (Å²) in [6.45, 7) is 1.37. The largest absolute Gasteiger partial charge is 0.369 e. The Morgan fingerprint density at radius 1 is 1.17 bits per heavy atom. The highest BCUT2D eigenvalue weighted by molar-refractivity contribution is 6.30. The molecule has 0 aliphatic carbocycles. The number of likely N-dealkylation sites (tertiary alicyclic amines) is 1. The molecule has 0 bridgehead atoms. The van der Waals surface area contributed by atoms with Gasteiger partial charge in [0, 0.05) is 23.8 Å². The van der Waals surface area contributed by atoms with Crippen LogP contribution in [-0.2, 0) is 14.4 Å². The molecule has 3 amide bonds. The smallest absolute Gasteiger partial charge is 0.292 e. The van der Waals surface area contributed by atoms with E-state index in [1.165, 1.54) is 4.90 Å². The van der Waals surface area contributed by atoms with Gasteiger partial charge in [0.1, 0.15) is 0 Å². The molecule has 23 heavy (non-hydrogen) atoms. The Kier molecular flexibility index (Phi) is 4.37. The van der Waals surface area contributed by atoms with Crippen molar-refractivity contribution >= 4 is 35.0 Å². The number of hydrogen-bond acceptors (Lipinski definition) is 3. The summed E-state index contributed by atoms with van der Waals surface area (Å²) in [6, 6.07) is 6.31. The van der Waals surface area contributed by atoms with Crippen molar-refractivity contribution in [2.24, 2.45) is 11.7 Å². The molecule has 2 saturated heterocycles. The number of imide groups is 1. The Hall–Kier alpha value is -1.92. The van der Waals surface area contributed by atoms with E-state index in [-0.39, 0.29) is 36.1 Å². The first kappa shape index (κ1) is 16.0. The first-order chi connectivity index (χ1) is 11.0. The Balaban J connectivity index is 1.72. The van der Waals surface area contributed by atoms with E-state index in [4.69, 9.17) is 17.3 Å². The van der Waals surface area contributed by atoms with E-state index < -0.39 is 0 Å². The van der Waals surface area contributed by atoms with Crippen LogP contribution in [0.4, 0.5) is 5.69 Å². The van der Waals surface area contributed by atoms with Gasteiger partial charge in [-0.3, -0.25) is 14.4 Å². The van der Waals surface area contributed by atoms with Crippen LogP contribution in [0, 0.1) is 5.92 Å². The maximum absolute atomic E-state index is 12.7. The summed E-state index contributed by atoms with van der Waals surface area (Å²) < 4.78 is 0. The number of carbonyl (C=O) groups excluding carboxylic acids is 3. The van der Waals surface area contributed by atoms with Crippen molar-refractivity contribution in [3.8, 4) is 0 Å². The maximum Gasteiger partial charge on any atom is 0.292 e. The number of amides is 3. The number of nitrogens with zero attached hydrogens (tertiary/aromatic N) is 1. The van der Waals surface area contributed by atoms with Crippen LogP contribution in [-0.4, -0.2) is 36.9 Å². The van der Waals surface area contributed by atoms with Crippen molar-refractivity contribution in [3.63, 3.8) is 0 Å². The number of halogens is 1. The molecule has 7 heteroatoms. The summed E-state index contributed by atoms with van der Waals surface area (Å²) in [7, 11) is 0. The Labute approximate surface area is 139 Å². The first-order valence-corrected chi connectivity index (χ1v) is 8.11. The number of carbonyl (C=O) groups is 3. The molecule has 2 fully saturated rings. The third-order valence-corrected chi connectivity index (χ3v) is 5.01. The molecule has 1 aromatic carbocycles. The SMILES string of the molecule is NC(=O)C1CC[NH+]([C@@H]2CC(=O)N(c3ccc(Cl)cc3)C2=O)CC1. The molecule has 122 valence electrons. The zero-order chi connectivity index (χ0) is 16.6. The molecular formula is C16H19ClN3O3+. The summed E-state index contributed by atoms with van der Waals surface area (Å²) in [5.41, 5.74) is 5.89. The van der Waals surface area contributed by atoms with E-state index in [1.807, 2.05) is 0 Å². The lowest BCUT2D eigenvalue weighted by Crippen LogP contribution is -3.17. The fourth-order valence-electron chi connectivity index (χ4n) is 3.43. The number of anilines is 1. The van der Waals surface area contributed by atoms with Gasteiger partial charge < -0.3 is 10.6 Å². The highest BCUT2D eigenvalue weighted by atomic mass is 35.5. The van der Waals surface area contributed by atoms with Gasteiger partial charge in [-0.15, -0.1) is 0 Å². The number of piperidine rings is 1. The predicted molar refractivity (Wildman–Crippen MR) is 85.0 cm³/mol. The number of rotatable bonds is 3. The highest BCUT2D eigenvalue weighted by Crippen LogP contribution is 2.24. The summed E-state index contributed by atoms with van der Waals surface area (Å²) in [4.78, 5) is 38.5. The Morgan fingerprint density at radius 3 is 2.35 bits per heavy atom. The predicted octanol–water partition coefficient (Wildman–Crippen LogP) is -0.248. The average Bonchev–Trinajstić information content (AvgIpc) is 2.83. The molecule has 0 spiro atoms. The molecule has 6 nitrogen and oxygen atoms in total. The molecule has 0 unspecified atom stereocenters. The summed E-state index contributed by atoms with van der Waals surface area (Å²) >= 11 is 5.85. The number of nitrogens with one attached hydrogen (secondary N) is 1. The van der Waals surface area contributed by atoms with Gasteiger partial charge in [-0.2, -0.15) is 0 Å². The number of hydrogen-bond donors (Lipinski definition) is 2. The third-order valence-electron chi connectivity index (χ3n) is 4.75. The first-order valence-electron chi connectivity index (χ1n) is 7.73. The fourth-order valence-corrected chi connectivity index (χ4v) is 3.56. The molecule has 0 radical (unpaired) electrons. The zero-order valence-electron chi connectivity index (χ0n) is 12.6. The Bertz CT molecular complexity index is 638. The second-order valence-electron chi connectivity index (χ2n) is 6.14. The topological polar surface area (TPSA) is 84.9 Å². The van der Waals surface area contributed by atoms with Crippen LogP contribution in [0.2, 0.25) is 5.02 Å². The molecule has 1 aromatic rings. The molecule has 2 heterocycles. The Morgan fingerprint density at radius 2 is 1.78 bits per heavy atom. The van der Waals surface area contributed by atoms with Gasteiger partial charge in [0.05, 0.1) is 25.2 Å². The zero-order valence-corrected chi connectivity index (χ0v) is 13.4. The van der Waals surface area contributed by atoms with Crippen LogP contribution >= 0.6 is 11.6 Å². The highest BCUT2D eigenvalue weighted by Gasteiger charge is 2.46. The third kappa shape index (κ3) is 3.09. The molecule has 3 N–H and O–H groups in total. The molecular weight excluding hydrogens is 318 g/mol. The summed E-state index contributed by atoms with van der Waals surface area (Å²) in [5, 5.41) is 0.559. The van der Waals surface area contributed by atoms with Crippen molar-refractivity contribution in [2.75, 3.05) is 18.0 Å². The van der Waals surface area contributed by atoms with E-state index in [2.05, 4.69) is 0 Å². The molecule has 2 aliphatic heterocycles. The van der Waals surface area contributed by atoms with Crippen LogP contribution in [0.1, 0.15) is 19.3 Å². The van der Waals surface area contributed by atoms with Crippen LogP contribution in [0.25, 0.3) is 0 Å². The van der Waals surface area contributed by atoms with Crippen molar-refractivity contribution in [2.45, 2.75) is 25.3 Å². The maximum atomic E-state index is 12.7. The van der Waals surface area contributed by atoms with Gasteiger partial charge in [-0.05, 0) is 24.3 Å². The lowest BCUT2D eigenvalue weighted by atomic mass is 9.95. The number of primary amides is 1. The number of benzene rings is 1. The van der Waals surface area contributed by atoms with Crippen molar-refractivity contribution in [1.29, 1.82) is 0 Å². The average molecular weight is 337 g/mol. The lowest BCUT2D eigenvalue weighted by Gasteiger charge is -2.30. The van der Waals surface area contributed by atoms with E-state index in [1.54, 1.807) is 24.3 Å². The second-order valence-corrected chi connectivity index (χ2v) is 6.57. The second kappa shape index (κ2) is 6.29. The van der Waals surface area contributed by atoms with Crippen LogP contribution in [0.3, 0.4) is 0 Å². The van der Waals surface area contributed by atoms with Gasteiger partial charge in [-0.1, -0.05) is 11.6 Å². The molecule has 1 atom stereocenters. The van der Waals surface area contributed by atoms with Gasteiger partial charge in [0.2, 0.25) is 11.8 Å². The quantitative estimate of drug-likeness (QED) is 0.747. The van der Waals surface area contributed by atoms with Gasteiger partial charge in [-0.25, -0.2) is 4.90 Å². The molecule has 3 rings (SSSR count). The summed E-state index contributed by atoms with van der Waals surface area (Å²) in [5.74, 6) is -0.754. The normalized spacial score (nSPS) is 28.2. The van der Waals surface area contributed by atoms with E-state index in [0.29, 0.717) is 36.6 Å². The van der Waals surface area contributed by atoms with Crippen LogP contribution in [0.15, 0.2) is 24.3 Å². The molecule has 2 aliphatic rings. The van der Waals surface area contributed by atoms with Crippen molar-refractivity contribution in [3.05, 3.63) is 29.3 Å². The molecule has 0 saturated carbocycles. The van der Waals surface area contributed by atoms with Gasteiger partial charge in [0.15, 0.2) is 6.04 Å². The van der Waals surface area contributed by atoms with Crippen LogP contribution in [0.5, 0.6) is 0 Å². The molecule has 0 aromatic heterocycles. The fraction of sp³-hybridized carbons (Fsp3) is 0.438. The monoisotopic (exact) mass is 336 g/mol. The number of nitrogens with two attached hydrogens (primary N) is 1. The minimum atomic E-state index is -0.369. The van der Waals surface area contributed by atoms with Crippen molar-refractivity contribution in [1.82, 2.24) is 0 Å². The number of quaternary nitrogens is 1. The standard InChI is InChI=1S/C16H18ClN3O3/c17-11-1-3-12(4-2-11)20-14(21)9-13(16(20)23)19-7-5-10(6-8-19)15(18)22/h1-4,10,13H,5-9H2,(H2,18,22)/p+1/t13-/m1/s1. The summed E-state index contributed by atoms with van der Waals surface area (Å²) in [6.07, 6.45) is 1.55. The van der Waals surface area contributed by atoms with Crippen LogP contribution < -0.4 is 15.5 Å². The van der Waals surface area contributed by atoms with Gasteiger partial charge >= 0.3 is 0 Å². The van der Waals surface area contributed by atoms with Gasteiger partial charge in [0.25, 0.3) is 5.91 Å².